The van der Waals surface area contributed by atoms with E-state index in [4.69, 9.17) is 5.11 Å². The van der Waals surface area contributed by atoms with Crippen molar-refractivity contribution in [2.75, 3.05) is 11.1 Å². The van der Waals surface area contributed by atoms with Crippen LogP contribution in [-0.2, 0) is 9.59 Å². The smallest absolute Gasteiger partial charge is 0.303 e. The van der Waals surface area contributed by atoms with Gasteiger partial charge in [0.25, 0.3) is 0 Å². The maximum atomic E-state index is 13.0. The Morgan fingerprint density at radius 3 is 2.22 bits per heavy atom. The number of carbonyl (C=O) groups excluding carboxylic acids is 1. The topological polar surface area (TPSA) is 71.3 Å². The second kappa shape index (κ2) is 13.2. The summed E-state index contributed by atoms with van der Waals surface area (Å²) in [7, 11) is 0. The number of anilines is 1. The Bertz CT molecular complexity index is 1640. The van der Waals surface area contributed by atoms with E-state index < -0.39 is 5.97 Å². The van der Waals surface area contributed by atoms with Crippen LogP contribution in [0.15, 0.2) is 126 Å². The lowest BCUT2D eigenvalue weighted by Gasteiger charge is -2.21. The number of carbonyl (C=O) groups is 2. The lowest BCUT2D eigenvalue weighted by atomic mass is 9.98. The molecule has 2 N–H and O–H groups in total. The highest BCUT2D eigenvalue weighted by molar-refractivity contribution is 7.99. The number of carboxylic acids is 1. The Morgan fingerprint density at radius 2 is 1.54 bits per heavy atom. The van der Waals surface area contributed by atoms with E-state index in [2.05, 4.69) is 88.9 Å². The molecule has 0 saturated carbocycles. The maximum absolute atomic E-state index is 13.0. The molecule has 0 radical (unpaired) electrons. The van der Waals surface area contributed by atoms with E-state index in [1.165, 1.54) is 11.1 Å². The van der Waals surface area contributed by atoms with E-state index in [1.54, 1.807) is 17.8 Å². The highest BCUT2D eigenvalue weighted by Gasteiger charge is 2.18. The third kappa shape index (κ3) is 6.97. The number of fused-ring (bicyclic) bond motifs is 1. The van der Waals surface area contributed by atoms with Crippen molar-refractivity contribution in [3.63, 3.8) is 0 Å². The molecule has 0 aliphatic rings. The normalized spacial score (nSPS) is 11.6. The largest absolute Gasteiger partial charge is 0.481 e. The summed E-state index contributed by atoms with van der Waals surface area (Å²) in [4.78, 5) is 24.7. The SMILES string of the molecule is C/C(=C\C(=O)Nc1ccccc1SCCCC(=O)O)c1ccc2c(ccn2C(c2ccccc2)c2ccccc2)c1. The fraction of sp³-hybridized carbons (Fsp3) is 0.143. The van der Waals surface area contributed by atoms with Gasteiger partial charge in [-0.15, -0.1) is 11.8 Å². The first-order chi connectivity index (χ1) is 20.0. The van der Waals surface area contributed by atoms with Crippen LogP contribution in [0.4, 0.5) is 5.69 Å². The number of aromatic nitrogens is 1. The Kier molecular flexibility index (Phi) is 9.02. The molecular weight excluding hydrogens is 528 g/mol. The summed E-state index contributed by atoms with van der Waals surface area (Å²) in [5, 5.41) is 13.0. The number of rotatable bonds is 11. The second-order valence-corrected chi connectivity index (χ2v) is 11.0. The average Bonchev–Trinajstić information content (AvgIpc) is 3.40. The molecule has 6 heteroatoms. The molecule has 4 aromatic carbocycles. The summed E-state index contributed by atoms with van der Waals surface area (Å²) in [5.74, 6) is -0.329. The fourth-order valence-corrected chi connectivity index (χ4v) is 5.93. The third-order valence-corrected chi connectivity index (χ3v) is 8.13. The molecule has 0 saturated heterocycles. The summed E-state index contributed by atoms with van der Waals surface area (Å²) in [5.41, 5.74) is 6.13. The van der Waals surface area contributed by atoms with Crippen molar-refractivity contribution in [2.24, 2.45) is 0 Å². The standard InChI is InChI=1S/C35H32N2O3S/c1-25(23-33(38)36-30-15-8-9-16-32(30)41-22-10-17-34(39)40)28-18-19-31-29(24-28)20-21-37(31)35(26-11-4-2-5-12-26)27-13-6-3-7-14-27/h2-9,11-16,18-21,23-24,35H,10,17,22H2,1H3,(H,36,38)(H,39,40)/b25-23+. The van der Waals surface area contributed by atoms with Crippen LogP contribution in [0.5, 0.6) is 0 Å². The number of hydrogen-bond acceptors (Lipinski definition) is 3. The van der Waals surface area contributed by atoms with Crippen LogP contribution < -0.4 is 5.32 Å². The van der Waals surface area contributed by atoms with Gasteiger partial charge in [0.15, 0.2) is 0 Å². The van der Waals surface area contributed by atoms with Gasteiger partial charge in [-0.3, -0.25) is 9.59 Å². The minimum atomic E-state index is -0.797. The zero-order chi connectivity index (χ0) is 28.6. The number of hydrogen-bond donors (Lipinski definition) is 2. The number of para-hydroxylation sites is 1. The highest BCUT2D eigenvalue weighted by Crippen LogP contribution is 2.32. The van der Waals surface area contributed by atoms with Crippen LogP contribution in [-0.4, -0.2) is 27.3 Å². The van der Waals surface area contributed by atoms with Gasteiger partial charge >= 0.3 is 5.97 Å². The molecule has 5 nitrogen and oxygen atoms in total. The number of amides is 1. The Balaban J connectivity index is 1.35. The summed E-state index contributed by atoms with van der Waals surface area (Å²) in [6.45, 7) is 1.95. The zero-order valence-electron chi connectivity index (χ0n) is 22.9. The molecular formula is C35H32N2O3S. The lowest BCUT2D eigenvalue weighted by Crippen LogP contribution is -2.11. The highest BCUT2D eigenvalue weighted by atomic mass is 32.2. The summed E-state index contributed by atoms with van der Waals surface area (Å²) in [6.07, 6.45) is 4.47. The number of thioether (sulfide) groups is 1. The van der Waals surface area contributed by atoms with Gasteiger partial charge in [0, 0.05) is 34.5 Å². The Hall–Kier alpha value is -4.55. The third-order valence-electron chi connectivity index (χ3n) is 6.97. The molecule has 41 heavy (non-hydrogen) atoms. The first kappa shape index (κ1) is 28.0. The molecule has 0 aliphatic carbocycles. The lowest BCUT2D eigenvalue weighted by molar-refractivity contribution is -0.137. The monoisotopic (exact) mass is 560 g/mol. The molecule has 0 bridgehead atoms. The molecule has 0 unspecified atom stereocenters. The number of nitrogens with zero attached hydrogens (tertiary/aromatic N) is 1. The van der Waals surface area contributed by atoms with Crippen LogP contribution in [0, 0.1) is 0 Å². The first-order valence-electron chi connectivity index (χ1n) is 13.6. The zero-order valence-corrected chi connectivity index (χ0v) is 23.7. The summed E-state index contributed by atoms with van der Waals surface area (Å²) in [6, 6.07) is 37.1. The van der Waals surface area contributed by atoms with Crippen molar-refractivity contribution in [3.8, 4) is 0 Å². The van der Waals surface area contributed by atoms with E-state index in [0.717, 1.165) is 32.6 Å². The van der Waals surface area contributed by atoms with E-state index >= 15 is 0 Å². The molecule has 206 valence electrons. The van der Waals surface area contributed by atoms with Gasteiger partial charge in [-0.25, -0.2) is 0 Å². The van der Waals surface area contributed by atoms with Crippen LogP contribution in [0.3, 0.4) is 0 Å². The predicted octanol–water partition coefficient (Wildman–Crippen LogP) is 8.28. The van der Waals surface area contributed by atoms with Gasteiger partial charge in [-0.2, -0.15) is 0 Å². The van der Waals surface area contributed by atoms with Crippen LogP contribution >= 0.6 is 11.8 Å². The molecule has 1 aromatic heterocycles. The minimum absolute atomic E-state index is 0.0465. The molecule has 5 aromatic rings. The summed E-state index contributed by atoms with van der Waals surface area (Å²) < 4.78 is 2.31. The molecule has 5 rings (SSSR count). The average molecular weight is 561 g/mol. The molecule has 1 heterocycles. The number of carboxylic acid groups (broad SMARTS) is 1. The van der Waals surface area contributed by atoms with Crippen molar-refractivity contribution in [2.45, 2.75) is 30.7 Å². The van der Waals surface area contributed by atoms with Gasteiger partial charge in [0.1, 0.15) is 0 Å². The molecule has 1 amide bonds. The van der Waals surface area contributed by atoms with Gasteiger partial charge in [-0.05, 0) is 71.7 Å². The van der Waals surface area contributed by atoms with Crippen LogP contribution in [0.1, 0.15) is 42.5 Å². The fourth-order valence-electron chi connectivity index (χ4n) is 4.97. The van der Waals surface area contributed by atoms with Crippen molar-refractivity contribution in [1.29, 1.82) is 0 Å². The van der Waals surface area contributed by atoms with Crippen molar-refractivity contribution in [1.82, 2.24) is 4.57 Å². The van der Waals surface area contributed by atoms with Gasteiger partial charge in [-0.1, -0.05) is 78.9 Å². The molecule has 0 fully saturated rings. The van der Waals surface area contributed by atoms with Crippen molar-refractivity contribution >= 4 is 45.8 Å². The van der Waals surface area contributed by atoms with Gasteiger partial charge < -0.3 is 15.0 Å². The Morgan fingerprint density at radius 1 is 0.878 bits per heavy atom. The number of allylic oxidation sites excluding steroid dienone is 1. The van der Waals surface area contributed by atoms with E-state index in [0.29, 0.717) is 12.2 Å². The van der Waals surface area contributed by atoms with Gasteiger partial charge in [0.05, 0.1) is 11.7 Å². The van der Waals surface area contributed by atoms with Crippen LogP contribution in [0.25, 0.3) is 16.5 Å². The molecule has 0 atom stereocenters. The van der Waals surface area contributed by atoms with E-state index in [-0.39, 0.29) is 18.4 Å². The predicted molar refractivity (Wildman–Crippen MR) is 168 cm³/mol. The van der Waals surface area contributed by atoms with Crippen molar-refractivity contribution < 1.29 is 14.7 Å². The maximum Gasteiger partial charge on any atom is 0.303 e. The summed E-state index contributed by atoms with van der Waals surface area (Å²) >= 11 is 1.55. The first-order valence-corrected chi connectivity index (χ1v) is 14.6. The van der Waals surface area contributed by atoms with E-state index in [9.17, 15) is 9.59 Å². The van der Waals surface area contributed by atoms with E-state index in [1.807, 2.05) is 43.3 Å². The number of aliphatic carboxylic acids is 1. The second-order valence-electron chi connectivity index (χ2n) is 9.88. The number of nitrogens with one attached hydrogen (secondary N) is 1. The number of benzene rings is 4. The molecule has 0 aliphatic heterocycles. The Labute approximate surface area is 244 Å². The van der Waals surface area contributed by atoms with Crippen molar-refractivity contribution in [3.05, 3.63) is 138 Å². The van der Waals surface area contributed by atoms with Gasteiger partial charge in [0.2, 0.25) is 5.91 Å². The quantitative estimate of drug-likeness (QED) is 0.0969. The van der Waals surface area contributed by atoms with Crippen LogP contribution in [0.2, 0.25) is 0 Å². The minimum Gasteiger partial charge on any atom is -0.481 e. The molecule has 0 spiro atoms.